The van der Waals surface area contributed by atoms with Crippen molar-refractivity contribution in [2.24, 2.45) is 5.73 Å². The second-order valence-electron chi connectivity index (χ2n) is 9.25. The molecule has 11 nitrogen and oxygen atoms in total. The van der Waals surface area contributed by atoms with Crippen molar-refractivity contribution in [3.8, 4) is 5.75 Å². The summed E-state index contributed by atoms with van der Waals surface area (Å²) in [6.45, 7) is 0.933. The minimum absolute atomic E-state index is 0.0176. The summed E-state index contributed by atoms with van der Waals surface area (Å²) in [7, 11) is 1.51. The molecule has 2 atom stereocenters. The molecule has 0 aliphatic carbocycles. The van der Waals surface area contributed by atoms with Crippen LogP contribution in [0.1, 0.15) is 44.6 Å². The number of carbonyl (C=O) groups is 3. The van der Waals surface area contributed by atoms with Crippen molar-refractivity contribution in [1.29, 1.82) is 0 Å². The summed E-state index contributed by atoms with van der Waals surface area (Å²) in [6, 6.07) is 14.7. The predicted molar refractivity (Wildman–Crippen MR) is 151 cm³/mol. The van der Waals surface area contributed by atoms with Crippen LogP contribution < -0.4 is 26.4 Å². The Morgan fingerprint density at radius 2 is 2.05 bits per heavy atom. The second-order valence-corrected chi connectivity index (χ2v) is 10.0. The van der Waals surface area contributed by atoms with Gasteiger partial charge in [-0.2, -0.15) is 4.37 Å². The van der Waals surface area contributed by atoms with Crippen molar-refractivity contribution >= 4 is 51.5 Å². The number of methoxy groups -OCH3 is 1. The van der Waals surface area contributed by atoms with Gasteiger partial charge in [-0.15, -0.1) is 0 Å². The zero-order chi connectivity index (χ0) is 28.2. The van der Waals surface area contributed by atoms with E-state index in [0.29, 0.717) is 30.2 Å². The van der Waals surface area contributed by atoms with Crippen molar-refractivity contribution in [3.63, 3.8) is 0 Å². The number of primary amides is 1. The lowest BCUT2D eigenvalue weighted by molar-refractivity contribution is -0.123. The topological polar surface area (TPSA) is 163 Å². The maximum absolute atomic E-state index is 14.3. The van der Waals surface area contributed by atoms with Crippen molar-refractivity contribution in [3.05, 3.63) is 76.9 Å². The zero-order valence-electron chi connectivity index (χ0n) is 21.7. The normalized spacial score (nSPS) is 15.5. The lowest BCUT2D eigenvalue weighted by Gasteiger charge is -2.32. The number of carbonyl (C=O) groups excluding carboxylic acids is 3. The third kappa shape index (κ3) is 5.44. The first-order valence-electron chi connectivity index (χ1n) is 12.6. The van der Waals surface area contributed by atoms with Gasteiger partial charge in [-0.1, -0.05) is 18.2 Å². The van der Waals surface area contributed by atoms with Gasteiger partial charge >= 0.3 is 0 Å². The van der Waals surface area contributed by atoms with E-state index in [1.807, 2.05) is 12.1 Å². The minimum Gasteiger partial charge on any atom is -0.497 e. The first-order chi connectivity index (χ1) is 19.4. The van der Waals surface area contributed by atoms with Gasteiger partial charge in [-0.05, 0) is 60.3 Å². The molecule has 1 saturated heterocycles. The number of rotatable bonds is 9. The van der Waals surface area contributed by atoms with Gasteiger partial charge in [0.05, 0.1) is 24.4 Å². The van der Waals surface area contributed by atoms with Crippen LogP contribution >= 0.6 is 11.5 Å². The molecule has 1 aliphatic heterocycles. The van der Waals surface area contributed by atoms with Crippen LogP contribution in [0.25, 0.3) is 10.9 Å². The molecule has 5 rings (SSSR count). The molecular weight excluding hydrogens is 532 g/mol. The van der Waals surface area contributed by atoms with Crippen molar-refractivity contribution in [1.82, 2.24) is 14.7 Å². The number of nitrogens with zero attached hydrogens (tertiary/aromatic N) is 3. The highest BCUT2D eigenvalue weighted by molar-refractivity contribution is 7.09. The maximum atomic E-state index is 14.3. The molecule has 0 saturated carbocycles. The fourth-order valence-corrected chi connectivity index (χ4v) is 5.42. The van der Waals surface area contributed by atoms with Crippen LogP contribution in [0.5, 0.6) is 5.75 Å². The van der Waals surface area contributed by atoms with Crippen LogP contribution in [0.3, 0.4) is 0 Å². The Hall–Kier alpha value is -4.55. The number of ether oxygens (including phenoxy) is 2. The van der Waals surface area contributed by atoms with E-state index in [1.165, 1.54) is 12.0 Å². The average Bonchev–Trinajstić information content (AvgIpc) is 3.63. The molecule has 4 aromatic rings. The van der Waals surface area contributed by atoms with Gasteiger partial charge in [0, 0.05) is 36.5 Å². The van der Waals surface area contributed by atoms with Crippen molar-refractivity contribution in [2.45, 2.75) is 25.0 Å². The maximum Gasteiger partial charge on any atom is 0.273 e. The van der Waals surface area contributed by atoms with E-state index < -0.39 is 23.8 Å². The van der Waals surface area contributed by atoms with Crippen LogP contribution in [0.15, 0.2) is 60.8 Å². The Labute approximate surface area is 234 Å². The molecule has 2 aromatic carbocycles. The highest BCUT2D eigenvalue weighted by Gasteiger charge is 2.36. The number of hydrogen-bond acceptors (Lipinski definition) is 9. The Kier molecular flexibility index (Phi) is 7.89. The number of benzene rings is 2. The summed E-state index contributed by atoms with van der Waals surface area (Å²) in [5.74, 6) is -1.42. The SMILES string of the molecule is COc1cccc(N(C(=O)c2snc(C(N)=O)c2N)[C@@H](C(=O)NC[C@H]2CCCO2)c2ccc3ncccc3c2)c1. The molecule has 12 heteroatoms. The number of anilines is 2. The van der Waals surface area contributed by atoms with Gasteiger partial charge in [-0.25, -0.2) is 0 Å². The van der Waals surface area contributed by atoms with Crippen LogP contribution in [-0.2, 0) is 9.53 Å². The molecule has 5 N–H and O–H groups in total. The number of aromatic nitrogens is 2. The van der Waals surface area contributed by atoms with Gasteiger partial charge in [-0.3, -0.25) is 24.3 Å². The summed E-state index contributed by atoms with van der Waals surface area (Å²) in [5, 5.41) is 3.77. The third-order valence-corrected chi connectivity index (χ3v) is 7.53. The molecule has 3 heterocycles. The lowest BCUT2D eigenvalue weighted by atomic mass is 10.00. The summed E-state index contributed by atoms with van der Waals surface area (Å²) in [4.78, 5) is 45.8. The van der Waals surface area contributed by atoms with Gasteiger partial charge < -0.3 is 26.3 Å². The predicted octanol–water partition coefficient (Wildman–Crippen LogP) is 3.06. The van der Waals surface area contributed by atoms with E-state index in [-0.39, 0.29) is 22.4 Å². The molecular formula is C28H28N6O5S. The quantitative estimate of drug-likeness (QED) is 0.281. The molecule has 0 unspecified atom stereocenters. The van der Waals surface area contributed by atoms with E-state index in [2.05, 4.69) is 14.7 Å². The molecule has 1 aliphatic rings. The average molecular weight is 561 g/mol. The highest BCUT2D eigenvalue weighted by Crippen LogP contribution is 2.35. The minimum atomic E-state index is -1.14. The molecule has 206 valence electrons. The number of nitrogen functional groups attached to an aromatic ring is 1. The molecule has 40 heavy (non-hydrogen) atoms. The Bertz CT molecular complexity index is 1570. The molecule has 1 fully saturated rings. The first-order valence-corrected chi connectivity index (χ1v) is 13.4. The van der Waals surface area contributed by atoms with Gasteiger partial charge in [0.15, 0.2) is 5.69 Å². The fraction of sp³-hybridized carbons (Fsp3) is 0.250. The molecule has 0 bridgehead atoms. The number of pyridine rings is 1. The summed E-state index contributed by atoms with van der Waals surface area (Å²) in [6.07, 6.45) is 3.33. The summed E-state index contributed by atoms with van der Waals surface area (Å²) >= 11 is 0.746. The monoisotopic (exact) mass is 560 g/mol. The Balaban J connectivity index is 1.65. The summed E-state index contributed by atoms with van der Waals surface area (Å²) < 4.78 is 15.1. The van der Waals surface area contributed by atoms with E-state index in [9.17, 15) is 14.4 Å². The van der Waals surface area contributed by atoms with E-state index in [0.717, 1.165) is 35.3 Å². The molecule has 0 spiro atoms. The van der Waals surface area contributed by atoms with Crippen LogP contribution in [0.2, 0.25) is 0 Å². The van der Waals surface area contributed by atoms with E-state index >= 15 is 0 Å². The Morgan fingerprint density at radius 1 is 1.20 bits per heavy atom. The van der Waals surface area contributed by atoms with E-state index in [4.69, 9.17) is 20.9 Å². The van der Waals surface area contributed by atoms with Crippen LogP contribution in [-0.4, -0.2) is 53.4 Å². The first kappa shape index (κ1) is 27.0. The number of hydrogen-bond donors (Lipinski definition) is 3. The number of amides is 3. The number of fused-ring (bicyclic) bond motifs is 1. The van der Waals surface area contributed by atoms with Crippen molar-refractivity contribution < 1.29 is 23.9 Å². The van der Waals surface area contributed by atoms with Gasteiger partial charge in [0.1, 0.15) is 16.7 Å². The second kappa shape index (κ2) is 11.7. The van der Waals surface area contributed by atoms with Crippen molar-refractivity contribution in [2.75, 3.05) is 30.9 Å². The zero-order valence-corrected chi connectivity index (χ0v) is 22.5. The Morgan fingerprint density at radius 3 is 2.77 bits per heavy atom. The molecule has 3 amide bonds. The highest BCUT2D eigenvalue weighted by atomic mass is 32.1. The number of nitrogens with two attached hydrogens (primary N) is 2. The number of nitrogens with one attached hydrogen (secondary N) is 1. The van der Waals surface area contributed by atoms with Gasteiger partial charge in [0.25, 0.3) is 11.8 Å². The largest absolute Gasteiger partial charge is 0.497 e. The molecule has 0 radical (unpaired) electrons. The third-order valence-electron chi connectivity index (χ3n) is 6.68. The fourth-order valence-electron chi connectivity index (χ4n) is 4.68. The van der Waals surface area contributed by atoms with Crippen LogP contribution in [0.4, 0.5) is 11.4 Å². The van der Waals surface area contributed by atoms with E-state index in [1.54, 1.807) is 48.7 Å². The molecule has 2 aromatic heterocycles. The lowest BCUT2D eigenvalue weighted by Crippen LogP contribution is -2.45. The van der Waals surface area contributed by atoms with Crippen LogP contribution in [0, 0.1) is 0 Å². The standard InChI is InChI=1S/C28H28N6O5S/c1-38-19-7-2-6-18(14-19)34(28(37)25-22(29)23(26(30)35)33-40-25)24(27(36)32-15-20-8-4-12-39-20)17-9-10-21-16(13-17)5-3-11-31-21/h2-3,5-7,9-11,13-14,20,24H,4,8,12,15,29H2,1H3,(H2,30,35)(H,32,36)/t20-,24-/m1/s1. The summed E-state index contributed by atoms with van der Waals surface area (Å²) in [5.41, 5.74) is 12.9. The smallest absolute Gasteiger partial charge is 0.273 e. The van der Waals surface area contributed by atoms with Gasteiger partial charge in [0.2, 0.25) is 5.91 Å².